The summed E-state index contributed by atoms with van der Waals surface area (Å²) in [4.78, 5) is 14.8. The van der Waals surface area contributed by atoms with E-state index in [9.17, 15) is 9.90 Å². The van der Waals surface area contributed by atoms with Gasteiger partial charge in [0, 0.05) is 11.8 Å². The number of imidazole rings is 1. The first-order chi connectivity index (χ1) is 8.27. The van der Waals surface area contributed by atoms with Crippen molar-refractivity contribution in [2.24, 2.45) is 0 Å². The van der Waals surface area contributed by atoms with Crippen LogP contribution in [0.4, 0.5) is 0 Å². The van der Waals surface area contributed by atoms with E-state index in [-0.39, 0.29) is 17.5 Å². The molecule has 0 radical (unpaired) electrons. The number of para-hydroxylation sites is 1. The maximum Gasteiger partial charge on any atom is 0.326 e. The van der Waals surface area contributed by atoms with Crippen molar-refractivity contribution >= 4 is 22.8 Å². The molecule has 3 rings (SSSR count). The largest absolute Gasteiger partial charge is 0.506 e. The number of aromatic amines is 1. The Labute approximate surface area is 103 Å². The normalized spacial score (nSPS) is 20.8. The van der Waals surface area contributed by atoms with E-state index < -0.39 is 0 Å². The molecule has 17 heavy (non-hydrogen) atoms. The van der Waals surface area contributed by atoms with Gasteiger partial charge in [-0.3, -0.25) is 4.57 Å². The van der Waals surface area contributed by atoms with Gasteiger partial charge in [-0.2, -0.15) is 11.8 Å². The van der Waals surface area contributed by atoms with Crippen LogP contribution in [0.3, 0.4) is 0 Å². The second kappa shape index (κ2) is 4.14. The van der Waals surface area contributed by atoms with Gasteiger partial charge < -0.3 is 10.1 Å². The summed E-state index contributed by atoms with van der Waals surface area (Å²) in [5, 5.41) is 9.91. The lowest BCUT2D eigenvalue weighted by molar-refractivity contribution is 0.462. The molecule has 0 spiro atoms. The smallest absolute Gasteiger partial charge is 0.326 e. The third kappa shape index (κ3) is 1.74. The lowest BCUT2D eigenvalue weighted by Gasteiger charge is -2.22. The molecule has 1 aromatic carbocycles. The van der Waals surface area contributed by atoms with E-state index in [1.165, 1.54) is 5.75 Å². The predicted octanol–water partition coefficient (Wildman–Crippen LogP) is 2.10. The summed E-state index contributed by atoms with van der Waals surface area (Å²) in [5.41, 5.74) is 1.24. The Morgan fingerprint density at radius 1 is 1.47 bits per heavy atom. The predicted molar refractivity (Wildman–Crippen MR) is 69.8 cm³/mol. The highest BCUT2D eigenvalue weighted by molar-refractivity contribution is 7.99. The van der Waals surface area contributed by atoms with Gasteiger partial charge in [-0.25, -0.2) is 4.79 Å². The van der Waals surface area contributed by atoms with Crippen LogP contribution < -0.4 is 5.69 Å². The van der Waals surface area contributed by atoms with Gasteiger partial charge in [0.25, 0.3) is 0 Å². The monoisotopic (exact) mass is 250 g/mol. The number of aromatic hydroxyl groups is 1. The van der Waals surface area contributed by atoms with Crippen molar-refractivity contribution in [3.05, 3.63) is 28.7 Å². The molecule has 4 nitrogen and oxygen atoms in total. The van der Waals surface area contributed by atoms with Gasteiger partial charge in [-0.15, -0.1) is 0 Å². The Hall–Kier alpha value is -1.36. The van der Waals surface area contributed by atoms with E-state index in [1.54, 1.807) is 16.7 Å². The molecule has 0 saturated carbocycles. The maximum atomic E-state index is 12.0. The van der Waals surface area contributed by atoms with E-state index in [2.05, 4.69) is 4.98 Å². The number of fused-ring (bicyclic) bond motifs is 1. The number of nitrogens with one attached hydrogen (secondary N) is 1. The lowest BCUT2D eigenvalue weighted by atomic mass is 10.1. The fourth-order valence-corrected chi connectivity index (χ4v) is 3.56. The van der Waals surface area contributed by atoms with Crippen molar-refractivity contribution < 1.29 is 5.11 Å². The van der Waals surface area contributed by atoms with Crippen molar-refractivity contribution in [3.63, 3.8) is 0 Å². The molecule has 1 saturated heterocycles. The molecule has 0 aliphatic carbocycles. The number of nitrogens with zero attached hydrogens (tertiary/aromatic N) is 1. The minimum Gasteiger partial charge on any atom is -0.506 e. The number of rotatable bonds is 1. The molecule has 1 atom stereocenters. The van der Waals surface area contributed by atoms with Crippen LogP contribution in [0.1, 0.15) is 18.9 Å². The third-order valence-electron chi connectivity index (χ3n) is 3.22. The molecule has 1 unspecified atom stereocenters. The van der Waals surface area contributed by atoms with Gasteiger partial charge >= 0.3 is 5.69 Å². The van der Waals surface area contributed by atoms with Crippen molar-refractivity contribution in [3.8, 4) is 5.75 Å². The highest BCUT2D eigenvalue weighted by Crippen LogP contribution is 2.31. The SMILES string of the molecule is O=c1[nH]c2cccc(O)c2n1C1CCCSC1. The minimum atomic E-state index is -0.117. The number of thioether (sulfide) groups is 1. The first kappa shape index (κ1) is 10.8. The van der Waals surface area contributed by atoms with E-state index in [1.807, 2.05) is 17.8 Å². The van der Waals surface area contributed by atoms with Crippen LogP contribution >= 0.6 is 11.8 Å². The van der Waals surface area contributed by atoms with E-state index in [4.69, 9.17) is 0 Å². The van der Waals surface area contributed by atoms with E-state index >= 15 is 0 Å². The molecule has 1 fully saturated rings. The second-order valence-corrected chi connectivity index (χ2v) is 5.49. The molecule has 2 N–H and O–H groups in total. The first-order valence-corrected chi connectivity index (χ1v) is 6.93. The summed E-state index contributed by atoms with van der Waals surface area (Å²) >= 11 is 1.87. The molecule has 2 heterocycles. The number of hydrogen-bond acceptors (Lipinski definition) is 3. The van der Waals surface area contributed by atoms with E-state index in [0.29, 0.717) is 11.0 Å². The average molecular weight is 250 g/mol. The summed E-state index contributed by atoms with van der Waals surface area (Å²) in [6.45, 7) is 0. The minimum absolute atomic E-state index is 0.117. The maximum absolute atomic E-state index is 12.0. The van der Waals surface area contributed by atoms with Crippen LogP contribution in [0.5, 0.6) is 5.75 Å². The van der Waals surface area contributed by atoms with Gasteiger partial charge in [0.15, 0.2) is 0 Å². The zero-order chi connectivity index (χ0) is 11.8. The Morgan fingerprint density at radius 3 is 3.12 bits per heavy atom. The molecule has 0 amide bonds. The van der Waals surface area contributed by atoms with Crippen molar-refractivity contribution in [2.75, 3.05) is 11.5 Å². The molecule has 1 aliphatic heterocycles. The fraction of sp³-hybridized carbons (Fsp3) is 0.417. The first-order valence-electron chi connectivity index (χ1n) is 5.77. The van der Waals surface area contributed by atoms with Gasteiger partial charge in [0.2, 0.25) is 0 Å². The average Bonchev–Trinajstić information content (AvgIpc) is 2.68. The van der Waals surface area contributed by atoms with Gasteiger partial charge in [0.05, 0.1) is 5.52 Å². The summed E-state index contributed by atoms with van der Waals surface area (Å²) in [7, 11) is 0. The summed E-state index contributed by atoms with van der Waals surface area (Å²) in [6.07, 6.45) is 2.14. The highest BCUT2D eigenvalue weighted by atomic mass is 32.2. The lowest BCUT2D eigenvalue weighted by Crippen LogP contribution is -2.25. The quantitative estimate of drug-likeness (QED) is 0.815. The molecular weight excluding hydrogens is 236 g/mol. The molecule has 1 aromatic heterocycles. The second-order valence-electron chi connectivity index (χ2n) is 4.34. The van der Waals surface area contributed by atoms with Crippen LogP contribution in [0.2, 0.25) is 0 Å². The van der Waals surface area contributed by atoms with E-state index in [0.717, 1.165) is 18.6 Å². The molecule has 0 bridgehead atoms. The molecule has 5 heteroatoms. The zero-order valence-electron chi connectivity index (χ0n) is 9.35. The number of aromatic nitrogens is 2. The fourth-order valence-electron chi connectivity index (χ4n) is 2.44. The topological polar surface area (TPSA) is 58.0 Å². The van der Waals surface area contributed by atoms with Crippen LogP contribution in [0.25, 0.3) is 11.0 Å². The Kier molecular flexibility index (Phi) is 2.63. The van der Waals surface area contributed by atoms with Crippen LogP contribution in [-0.4, -0.2) is 26.2 Å². The summed E-state index contributed by atoms with van der Waals surface area (Å²) in [5.74, 6) is 2.29. The Bertz CT molecular complexity index is 596. The number of phenolic OH excluding ortho intramolecular Hbond substituents is 1. The summed E-state index contributed by atoms with van der Waals surface area (Å²) in [6, 6.07) is 5.39. The molecule has 90 valence electrons. The van der Waals surface area contributed by atoms with Crippen LogP contribution in [0, 0.1) is 0 Å². The van der Waals surface area contributed by atoms with Crippen molar-refractivity contribution in [1.82, 2.24) is 9.55 Å². The van der Waals surface area contributed by atoms with Gasteiger partial charge in [-0.1, -0.05) is 6.07 Å². The summed E-state index contributed by atoms with van der Waals surface area (Å²) < 4.78 is 1.72. The highest BCUT2D eigenvalue weighted by Gasteiger charge is 2.21. The number of hydrogen-bond donors (Lipinski definition) is 2. The number of phenols is 1. The number of benzene rings is 1. The standard InChI is InChI=1S/C12H14N2O2S/c15-10-5-1-4-9-11(10)14(12(16)13-9)8-3-2-6-17-7-8/h1,4-5,8,15H,2-3,6-7H2,(H,13,16). The van der Waals surface area contributed by atoms with Crippen molar-refractivity contribution in [1.29, 1.82) is 0 Å². The van der Waals surface area contributed by atoms with Gasteiger partial charge in [-0.05, 0) is 30.7 Å². The molecule has 1 aliphatic rings. The number of H-pyrrole nitrogens is 1. The molecular formula is C12H14N2O2S. The Morgan fingerprint density at radius 2 is 2.35 bits per heavy atom. The van der Waals surface area contributed by atoms with Crippen LogP contribution in [0.15, 0.2) is 23.0 Å². The van der Waals surface area contributed by atoms with Gasteiger partial charge in [0.1, 0.15) is 11.3 Å². The third-order valence-corrected chi connectivity index (χ3v) is 4.42. The molecule has 2 aromatic rings. The zero-order valence-corrected chi connectivity index (χ0v) is 10.2. The Balaban J connectivity index is 2.20. The van der Waals surface area contributed by atoms with Crippen molar-refractivity contribution in [2.45, 2.75) is 18.9 Å². The van der Waals surface area contributed by atoms with Crippen LogP contribution in [-0.2, 0) is 0 Å².